The van der Waals surface area contributed by atoms with E-state index in [4.69, 9.17) is 4.42 Å². The number of piperidine rings is 3. The van der Waals surface area contributed by atoms with Crippen LogP contribution >= 0.6 is 0 Å². The number of carbonyl (C=O) groups excluding carboxylic acids is 1. The van der Waals surface area contributed by atoms with Crippen molar-refractivity contribution in [2.75, 3.05) is 13.1 Å². The van der Waals surface area contributed by atoms with Gasteiger partial charge < -0.3 is 9.73 Å². The fourth-order valence-electron chi connectivity index (χ4n) is 5.77. The van der Waals surface area contributed by atoms with Crippen molar-refractivity contribution in [3.8, 4) is 0 Å². The highest BCUT2D eigenvalue weighted by molar-refractivity contribution is 5.79. The van der Waals surface area contributed by atoms with Crippen LogP contribution in [0.1, 0.15) is 56.4 Å². The van der Waals surface area contributed by atoms with Gasteiger partial charge >= 0.3 is 0 Å². The monoisotopic (exact) mass is 411 g/mol. The van der Waals surface area contributed by atoms with Gasteiger partial charge in [-0.15, -0.1) is 5.10 Å². The van der Waals surface area contributed by atoms with Crippen molar-refractivity contribution in [2.45, 2.75) is 70.5 Å². The maximum atomic E-state index is 12.7. The van der Waals surface area contributed by atoms with Crippen LogP contribution in [-0.2, 0) is 24.3 Å². The fraction of sp³-hybridized carbons (Fsp3) is 0.696. The molecule has 1 N–H and O–H groups in total. The van der Waals surface area contributed by atoms with E-state index in [-0.39, 0.29) is 11.8 Å². The SMILES string of the molecule is O=C(NCc1ccco1)[C@H]1CN2CCC1C[C@@H]2Cn1cc(CC2CCCCC2)nn1. The molecule has 162 valence electrons. The molecule has 0 spiro atoms. The van der Waals surface area contributed by atoms with Gasteiger partial charge in [0.25, 0.3) is 0 Å². The summed E-state index contributed by atoms with van der Waals surface area (Å²) >= 11 is 0. The van der Waals surface area contributed by atoms with E-state index in [1.165, 1.54) is 32.1 Å². The third-order valence-corrected chi connectivity index (χ3v) is 7.44. The molecule has 1 aliphatic carbocycles. The Balaban J connectivity index is 1.13. The summed E-state index contributed by atoms with van der Waals surface area (Å²) < 4.78 is 7.36. The molecule has 1 amide bonds. The molecule has 3 saturated heterocycles. The topological polar surface area (TPSA) is 76.2 Å². The lowest BCUT2D eigenvalue weighted by atomic mass is 9.75. The summed E-state index contributed by atoms with van der Waals surface area (Å²) in [5.74, 6) is 2.30. The van der Waals surface area contributed by atoms with Crippen molar-refractivity contribution in [1.29, 1.82) is 0 Å². The average Bonchev–Trinajstić information content (AvgIpc) is 3.45. The molecule has 2 aromatic rings. The summed E-state index contributed by atoms with van der Waals surface area (Å²) in [5, 5.41) is 11.9. The van der Waals surface area contributed by atoms with E-state index in [0.29, 0.717) is 18.5 Å². The number of fused-ring (bicyclic) bond motifs is 3. The molecular formula is C23H33N5O2. The smallest absolute Gasteiger partial charge is 0.225 e. The molecule has 3 aliphatic heterocycles. The maximum absolute atomic E-state index is 12.7. The van der Waals surface area contributed by atoms with Gasteiger partial charge in [-0.1, -0.05) is 37.3 Å². The van der Waals surface area contributed by atoms with Crippen LogP contribution in [0.2, 0.25) is 0 Å². The van der Waals surface area contributed by atoms with Crippen LogP contribution in [0.15, 0.2) is 29.0 Å². The Hall–Kier alpha value is -2.15. The van der Waals surface area contributed by atoms with Crippen molar-refractivity contribution in [1.82, 2.24) is 25.2 Å². The molecule has 4 atom stereocenters. The fourth-order valence-corrected chi connectivity index (χ4v) is 5.77. The lowest BCUT2D eigenvalue weighted by Gasteiger charge is -2.49. The van der Waals surface area contributed by atoms with E-state index in [1.807, 2.05) is 16.8 Å². The first-order valence-corrected chi connectivity index (χ1v) is 11.7. The van der Waals surface area contributed by atoms with Crippen LogP contribution < -0.4 is 5.32 Å². The van der Waals surface area contributed by atoms with Crippen LogP contribution in [0.5, 0.6) is 0 Å². The Morgan fingerprint density at radius 1 is 1.23 bits per heavy atom. The Morgan fingerprint density at radius 2 is 2.13 bits per heavy atom. The van der Waals surface area contributed by atoms with Crippen molar-refractivity contribution in [3.05, 3.63) is 36.0 Å². The summed E-state index contributed by atoms with van der Waals surface area (Å²) in [4.78, 5) is 15.2. The van der Waals surface area contributed by atoms with Crippen molar-refractivity contribution in [2.24, 2.45) is 17.8 Å². The van der Waals surface area contributed by atoms with Crippen LogP contribution in [0.4, 0.5) is 0 Å². The average molecular weight is 412 g/mol. The number of hydrogen-bond donors (Lipinski definition) is 1. The van der Waals surface area contributed by atoms with Gasteiger partial charge in [0.1, 0.15) is 5.76 Å². The minimum absolute atomic E-state index is 0.0857. The summed E-state index contributed by atoms with van der Waals surface area (Å²) in [5.41, 5.74) is 1.15. The first-order chi connectivity index (χ1) is 14.7. The van der Waals surface area contributed by atoms with Crippen LogP contribution in [0.3, 0.4) is 0 Å². The van der Waals surface area contributed by atoms with Gasteiger partial charge in [-0.05, 0) is 49.8 Å². The van der Waals surface area contributed by atoms with E-state index in [0.717, 1.165) is 56.3 Å². The summed E-state index contributed by atoms with van der Waals surface area (Å²) in [7, 11) is 0. The quantitative estimate of drug-likeness (QED) is 0.758. The molecule has 2 unspecified atom stereocenters. The number of nitrogens with one attached hydrogen (secondary N) is 1. The second-order valence-corrected chi connectivity index (χ2v) is 9.48. The van der Waals surface area contributed by atoms with Gasteiger partial charge in [-0.3, -0.25) is 14.4 Å². The first kappa shape index (κ1) is 19.8. The molecule has 6 rings (SSSR count). The number of furan rings is 1. The van der Waals surface area contributed by atoms with E-state index in [1.54, 1.807) is 6.26 Å². The van der Waals surface area contributed by atoms with Gasteiger partial charge in [-0.2, -0.15) is 0 Å². The zero-order chi connectivity index (χ0) is 20.3. The number of hydrogen-bond acceptors (Lipinski definition) is 5. The molecule has 0 radical (unpaired) electrons. The largest absolute Gasteiger partial charge is 0.467 e. The van der Waals surface area contributed by atoms with Gasteiger partial charge in [0, 0.05) is 18.8 Å². The highest BCUT2D eigenvalue weighted by atomic mass is 16.3. The number of aromatic nitrogens is 3. The molecule has 4 aliphatic rings. The summed E-state index contributed by atoms with van der Waals surface area (Å²) in [6.45, 7) is 3.29. The Kier molecular flexibility index (Phi) is 5.88. The van der Waals surface area contributed by atoms with Crippen molar-refractivity contribution in [3.63, 3.8) is 0 Å². The summed E-state index contributed by atoms with van der Waals surface area (Å²) in [6, 6.07) is 4.21. The molecule has 7 heteroatoms. The third kappa shape index (κ3) is 4.46. The van der Waals surface area contributed by atoms with Gasteiger partial charge in [0.05, 0.1) is 31.0 Å². The zero-order valence-electron chi connectivity index (χ0n) is 17.7. The standard InChI is InChI=1S/C23H33N5O2/c29-23(24-13-21-7-4-10-30-21)22-16-27-9-8-18(22)12-20(27)15-28-14-19(25-26-28)11-17-5-2-1-3-6-17/h4,7,10,14,17-18,20,22H,1-3,5-6,8-9,11-13,15-16H2,(H,24,29)/t18?,20-,22+/m1/s1. The predicted molar refractivity (Wildman–Crippen MR) is 112 cm³/mol. The maximum Gasteiger partial charge on any atom is 0.225 e. The van der Waals surface area contributed by atoms with Gasteiger partial charge in [0.15, 0.2) is 0 Å². The number of nitrogens with zero attached hydrogens (tertiary/aromatic N) is 4. The predicted octanol–water partition coefficient (Wildman–Crippen LogP) is 3.02. The molecule has 2 bridgehead atoms. The number of rotatable bonds is 7. The molecule has 2 aromatic heterocycles. The van der Waals surface area contributed by atoms with Crippen molar-refractivity contribution >= 4 is 5.91 Å². The van der Waals surface area contributed by atoms with E-state index in [2.05, 4.69) is 26.7 Å². The molecule has 4 fully saturated rings. The molecule has 30 heavy (non-hydrogen) atoms. The van der Waals surface area contributed by atoms with E-state index in [9.17, 15) is 4.79 Å². The van der Waals surface area contributed by atoms with Crippen LogP contribution in [-0.4, -0.2) is 44.9 Å². The van der Waals surface area contributed by atoms with E-state index < -0.39 is 0 Å². The van der Waals surface area contributed by atoms with Crippen LogP contribution in [0, 0.1) is 17.8 Å². The highest BCUT2D eigenvalue weighted by Gasteiger charge is 2.43. The van der Waals surface area contributed by atoms with Gasteiger partial charge in [0.2, 0.25) is 5.91 Å². The third-order valence-electron chi connectivity index (χ3n) is 7.44. The second-order valence-electron chi connectivity index (χ2n) is 9.48. The summed E-state index contributed by atoms with van der Waals surface area (Å²) in [6.07, 6.45) is 13.9. The normalized spacial score (nSPS) is 29.2. The first-order valence-electron chi connectivity index (χ1n) is 11.7. The molecular weight excluding hydrogens is 378 g/mol. The second kappa shape index (κ2) is 8.92. The number of amides is 1. The lowest BCUT2D eigenvalue weighted by Crippen LogP contribution is -2.57. The Morgan fingerprint density at radius 3 is 2.90 bits per heavy atom. The Bertz CT molecular complexity index is 827. The van der Waals surface area contributed by atoms with E-state index >= 15 is 0 Å². The van der Waals surface area contributed by atoms with Crippen LogP contribution in [0.25, 0.3) is 0 Å². The Labute approximate surface area is 178 Å². The number of carbonyl (C=O) groups is 1. The molecule has 0 aromatic carbocycles. The molecule has 5 heterocycles. The van der Waals surface area contributed by atoms with Gasteiger partial charge in [-0.25, -0.2) is 0 Å². The molecule has 1 saturated carbocycles. The minimum atomic E-state index is 0.0857. The highest BCUT2D eigenvalue weighted by Crippen LogP contribution is 2.37. The zero-order valence-corrected chi connectivity index (χ0v) is 17.7. The lowest BCUT2D eigenvalue weighted by molar-refractivity contribution is -0.133. The minimum Gasteiger partial charge on any atom is -0.467 e. The molecule has 7 nitrogen and oxygen atoms in total. The van der Waals surface area contributed by atoms with Crippen molar-refractivity contribution < 1.29 is 9.21 Å².